The number of rotatable bonds is 5. The zero-order valence-corrected chi connectivity index (χ0v) is 11.6. The highest BCUT2D eigenvalue weighted by Gasteiger charge is 2.17. The molecule has 1 aromatic carbocycles. The molecule has 2 amide bonds. The van der Waals surface area contributed by atoms with Crippen LogP contribution in [-0.2, 0) is 4.79 Å². The first kappa shape index (κ1) is 15.3. The van der Waals surface area contributed by atoms with Crippen LogP contribution in [0.15, 0.2) is 24.3 Å². The van der Waals surface area contributed by atoms with Gasteiger partial charge in [-0.3, -0.25) is 4.79 Å². The number of nitrogens with one attached hydrogen (secondary N) is 1. The number of carbonyl (C=O) groups is 2. The molecule has 0 saturated carbocycles. The number of hydrogen-bond acceptors (Lipinski definition) is 2. The number of amides is 2. The van der Waals surface area contributed by atoms with Crippen molar-refractivity contribution in [3.8, 4) is 0 Å². The van der Waals surface area contributed by atoms with Crippen LogP contribution < -0.4 is 5.32 Å². The average Bonchev–Trinajstić information content (AvgIpc) is 2.30. The van der Waals surface area contributed by atoms with Crippen LogP contribution in [0.25, 0.3) is 0 Å². The predicted octanol–water partition coefficient (Wildman–Crippen LogP) is 2.91. The third kappa shape index (κ3) is 5.61. The van der Waals surface area contributed by atoms with Crippen molar-refractivity contribution in [1.29, 1.82) is 0 Å². The zero-order chi connectivity index (χ0) is 14.4. The van der Waals surface area contributed by atoms with Crippen LogP contribution in [0.3, 0.4) is 0 Å². The van der Waals surface area contributed by atoms with E-state index in [1.807, 2.05) is 13.8 Å². The molecule has 1 aromatic rings. The molecule has 0 fully saturated rings. The molecular formula is C13H17ClN2O3. The predicted molar refractivity (Wildman–Crippen MR) is 74.5 cm³/mol. The van der Waals surface area contributed by atoms with Gasteiger partial charge in [-0.25, -0.2) is 4.79 Å². The lowest BCUT2D eigenvalue weighted by molar-refractivity contribution is -0.137. The van der Waals surface area contributed by atoms with Crippen LogP contribution in [-0.4, -0.2) is 35.1 Å². The van der Waals surface area contributed by atoms with Crippen molar-refractivity contribution < 1.29 is 14.7 Å². The van der Waals surface area contributed by atoms with Crippen LogP contribution in [0.2, 0.25) is 5.02 Å². The largest absolute Gasteiger partial charge is 0.480 e. The normalized spacial score (nSPS) is 10.3. The van der Waals surface area contributed by atoms with Gasteiger partial charge in [0.2, 0.25) is 0 Å². The lowest BCUT2D eigenvalue weighted by Crippen LogP contribution is -2.40. The SMILES string of the molecule is CC(C)CN(CC(=O)O)C(=O)Nc1ccc(Cl)cc1. The maximum atomic E-state index is 12.0. The summed E-state index contributed by atoms with van der Waals surface area (Å²) in [6.07, 6.45) is 0. The van der Waals surface area contributed by atoms with Crippen LogP contribution in [0, 0.1) is 5.92 Å². The highest BCUT2D eigenvalue weighted by Crippen LogP contribution is 2.14. The Morgan fingerprint density at radius 1 is 1.32 bits per heavy atom. The lowest BCUT2D eigenvalue weighted by Gasteiger charge is -2.23. The van der Waals surface area contributed by atoms with Crippen molar-refractivity contribution in [3.05, 3.63) is 29.3 Å². The Labute approximate surface area is 117 Å². The van der Waals surface area contributed by atoms with E-state index in [2.05, 4.69) is 5.32 Å². The van der Waals surface area contributed by atoms with Crippen LogP contribution in [0.5, 0.6) is 0 Å². The topological polar surface area (TPSA) is 69.6 Å². The highest BCUT2D eigenvalue weighted by atomic mass is 35.5. The maximum absolute atomic E-state index is 12.0. The van der Waals surface area contributed by atoms with Crippen molar-refractivity contribution >= 4 is 29.3 Å². The van der Waals surface area contributed by atoms with Crippen molar-refractivity contribution in [2.45, 2.75) is 13.8 Å². The first-order valence-corrected chi connectivity index (χ1v) is 6.29. The Balaban J connectivity index is 2.70. The molecule has 0 aromatic heterocycles. The fraction of sp³-hybridized carbons (Fsp3) is 0.385. The second-order valence-electron chi connectivity index (χ2n) is 4.61. The summed E-state index contributed by atoms with van der Waals surface area (Å²) in [5.74, 6) is -0.845. The average molecular weight is 285 g/mol. The first-order valence-electron chi connectivity index (χ1n) is 5.91. The summed E-state index contributed by atoms with van der Waals surface area (Å²) in [6.45, 7) is 3.90. The number of nitrogens with zero attached hydrogens (tertiary/aromatic N) is 1. The molecule has 0 bridgehead atoms. The van der Waals surface area contributed by atoms with Crippen LogP contribution >= 0.6 is 11.6 Å². The molecule has 0 aliphatic carbocycles. The number of carboxylic acid groups (broad SMARTS) is 1. The Hall–Kier alpha value is -1.75. The number of anilines is 1. The number of carbonyl (C=O) groups excluding carboxylic acids is 1. The molecule has 0 aliphatic rings. The summed E-state index contributed by atoms with van der Waals surface area (Å²) in [7, 11) is 0. The highest BCUT2D eigenvalue weighted by molar-refractivity contribution is 6.30. The minimum atomic E-state index is -1.04. The number of hydrogen-bond donors (Lipinski definition) is 2. The van der Waals surface area contributed by atoms with Gasteiger partial charge in [-0.1, -0.05) is 25.4 Å². The Morgan fingerprint density at radius 2 is 1.89 bits per heavy atom. The summed E-state index contributed by atoms with van der Waals surface area (Å²) >= 11 is 5.75. The second kappa shape index (κ2) is 6.99. The molecule has 0 radical (unpaired) electrons. The molecule has 0 saturated heterocycles. The van der Waals surface area contributed by atoms with Crippen molar-refractivity contribution in [1.82, 2.24) is 4.90 Å². The third-order valence-electron chi connectivity index (χ3n) is 2.29. The number of aliphatic carboxylic acids is 1. The van der Waals surface area contributed by atoms with Gasteiger partial charge in [0.15, 0.2) is 0 Å². The number of benzene rings is 1. The number of halogens is 1. The molecule has 6 heteroatoms. The molecule has 0 spiro atoms. The minimum absolute atomic E-state index is 0.190. The summed E-state index contributed by atoms with van der Waals surface area (Å²) in [5.41, 5.74) is 0.577. The Kier molecular flexibility index (Phi) is 5.63. The molecule has 19 heavy (non-hydrogen) atoms. The smallest absolute Gasteiger partial charge is 0.323 e. The van der Waals surface area contributed by atoms with E-state index >= 15 is 0 Å². The van der Waals surface area contributed by atoms with Gasteiger partial charge in [-0.2, -0.15) is 0 Å². The van der Waals surface area contributed by atoms with Gasteiger partial charge in [0.05, 0.1) is 0 Å². The number of urea groups is 1. The standard InChI is InChI=1S/C13H17ClN2O3/c1-9(2)7-16(8-12(17)18)13(19)15-11-5-3-10(14)4-6-11/h3-6,9H,7-8H2,1-2H3,(H,15,19)(H,17,18). The molecule has 0 aliphatic heterocycles. The summed E-state index contributed by atoms with van der Waals surface area (Å²) < 4.78 is 0. The van der Waals surface area contributed by atoms with E-state index < -0.39 is 12.0 Å². The van der Waals surface area contributed by atoms with Crippen molar-refractivity contribution in [2.24, 2.45) is 5.92 Å². The molecule has 104 valence electrons. The van der Waals surface area contributed by atoms with Crippen molar-refractivity contribution in [2.75, 3.05) is 18.4 Å². The van der Waals surface area contributed by atoms with E-state index in [1.54, 1.807) is 24.3 Å². The Bertz CT molecular complexity index is 446. The Morgan fingerprint density at radius 3 is 2.37 bits per heavy atom. The van der Waals surface area contributed by atoms with Gasteiger partial charge in [-0.05, 0) is 30.2 Å². The van der Waals surface area contributed by atoms with E-state index in [1.165, 1.54) is 4.90 Å². The monoisotopic (exact) mass is 284 g/mol. The van der Waals surface area contributed by atoms with Gasteiger partial charge in [0, 0.05) is 17.3 Å². The second-order valence-corrected chi connectivity index (χ2v) is 5.04. The zero-order valence-electron chi connectivity index (χ0n) is 10.9. The molecule has 0 unspecified atom stereocenters. The van der Waals surface area contributed by atoms with E-state index in [0.29, 0.717) is 17.3 Å². The van der Waals surface area contributed by atoms with Crippen molar-refractivity contribution in [3.63, 3.8) is 0 Å². The van der Waals surface area contributed by atoms with E-state index in [-0.39, 0.29) is 12.5 Å². The maximum Gasteiger partial charge on any atom is 0.323 e. The summed E-state index contributed by atoms with van der Waals surface area (Å²) in [5, 5.41) is 12.0. The van der Waals surface area contributed by atoms with E-state index in [4.69, 9.17) is 16.7 Å². The lowest BCUT2D eigenvalue weighted by atomic mass is 10.2. The summed E-state index contributed by atoms with van der Waals surface area (Å²) in [6, 6.07) is 6.20. The fourth-order valence-electron chi connectivity index (χ4n) is 1.56. The molecular weight excluding hydrogens is 268 g/mol. The van der Waals surface area contributed by atoms with Gasteiger partial charge < -0.3 is 15.3 Å². The van der Waals surface area contributed by atoms with Gasteiger partial charge in [0.1, 0.15) is 6.54 Å². The molecule has 1 rings (SSSR count). The minimum Gasteiger partial charge on any atom is -0.480 e. The molecule has 0 heterocycles. The summed E-state index contributed by atoms with van der Waals surface area (Å²) in [4.78, 5) is 24.0. The molecule has 0 atom stereocenters. The van der Waals surface area contributed by atoms with Crippen LogP contribution in [0.4, 0.5) is 10.5 Å². The van der Waals surface area contributed by atoms with E-state index in [0.717, 1.165) is 0 Å². The third-order valence-corrected chi connectivity index (χ3v) is 2.55. The molecule has 2 N–H and O–H groups in total. The van der Waals surface area contributed by atoms with Gasteiger partial charge in [0.25, 0.3) is 0 Å². The fourth-order valence-corrected chi connectivity index (χ4v) is 1.69. The molecule has 5 nitrogen and oxygen atoms in total. The van der Waals surface area contributed by atoms with Gasteiger partial charge >= 0.3 is 12.0 Å². The van der Waals surface area contributed by atoms with E-state index in [9.17, 15) is 9.59 Å². The quantitative estimate of drug-likeness (QED) is 0.873. The first-order chi connectivity index (χ1) is 8.88. The number of carboxylic acids is 1. The van der Waals surface area contributed by atoms with Gasteiger partial charge in [-0.15, -0.1) is 0 Å². The van der Waals surface area contributed by atoms with Crippen LogP contribution in [0.1, 0.15) is 13.8 Å².